The molecule has 1 aliphatic rings. The van der Waals surface area contributed by atoms with Crippen LogP contribution in [0.2, 0.25) is 0 Å². The van der Waals surface area contributed by atoms with Crippen LogP contribution in [-0.2, 0) is 5.41 Å². The number of nitrogens with zero attached hydrogens (tertiary/aromatic N) is 1. The van der Waals surface area contributed by atoms with Gasteiger partial charge in [-0.25, -0.2) is 0 Å². The average molecular weight is 628 g/mol. The van der Waals surface area contributed by atoms with Gasteiger partial charge in [0.2, 0.25) is 0 Å². The van der Waals surface area contributed by atoms with Crippen molar-refractivity contribution in [3.8, 4) is 22.3 Å². The lowest BCUT2D eigenvalue weighted by Crippen LogP contribution is -2.16. The number of furan rings is 1. The van der Waals surface area contributed by atoms with E-state index in [9.17, 15) is 0 Å². The second-order valence-corrected chi connectivity index (χ2v) is 13.7. The predicted molar refractivity (Wildman–Crippen MR) is 206 cm³/mol. The largest absolute Gasteiger partial charge is 0.455 e. The fourth-order valence-corrected chi connectivity index (χ4v) is 8.43. The molecular weight excluding hydrogens is 595 g/mol. The summed E-state index contributed by atoms with van der Waals surface area (Å²) >= 11 is 0. The molecule has 0 unspecified atom stereocenters. The number of benzene rings is 8. The van der Waals surface area contributed by atoms with Crippen molar-refractivity contribution < 1.29 is 4.42 Å². The molecule has 2 nitrogen and oxygen atoms in total. The molecule has 0 fully saturated rings. The first-order valence-electron chi connectivity index (χ1n) is 17.0. The molecule has 0 bridgehead atoms. The summed E-state index contributed by atoms with van der Waals surface area (Å²) in [6, 6.07) is 59.2. The molecule has 0 saturated carbocycles. The number of para-hydroxylation sites is 1. The zero-order chi connectivity index (χ0) is 32.7. The second-order valence-electron chi connectivity index (χ2n) is 13.7. The SMILES string of the molecule is CC1(C)c2cccc(N(c3ccc(-c4ccccc4)cc3)c3cccc4ccccc34)c2-c2c1c1ccccc1c1c2oc2ccccc21. The maximum absolute atomic E-state index is 6.92. The fourth-order valence-electron chi connectivity index (χ4n) is 8.43. The molecule has 10 rings (SSSR count). The predicted octanol–water partition coefficient (Wildman–Crippen LogP) is 13.3. The highest BCUT2D eigenvalue weighted by Gasteiger charge is 2.42. The molecule has 0 radical (unpaired) electrons. The number of hydrogen-bond acceptors (Lipinski definition) is 2. The van der Waals surface area contributed by atoms with Crippen LogP contribution in [0.4, 0.5) is 17.1 Å². The Bertz CT molecular complexity index is 2730. The van der Waals surface area contributed by atoms with Crippen LogP contribution in [-0.4, -0.2) is 0 Å². The molecule has 0 amide bonds. The molecule has 0 spiro atoms. The van der Waals surface area contributed by atoms with Crippen LogP contribution >= 0.6 is 0 Å². The molecule has 0 N–H and O–H groups in total. The number of anilines is 3. The quantitative estimate of drug-likeness (QED) is 0.193. The van der Waals surface area contributed by atoms with Crippen molar-refractivity contribution in [1.29, 1.82) is 0 Å². The number of rotatable bonds is 4. The molecule has 1 aromatic heterocycles. The van der Waals surface area contributed by atoms with E-state index in [-0.39, 0.29) is 5.41 Å². The lowest BCUT2D eigenvalue weighted by Gasteiger charge is -2.30. The minimum absolute atomic E-state index is 0.255. The van der Waals surface area contributed by atoms with Crippen molar-refractivity contribution in [1.82, 2.24) is 0 Å². The van der Waals surface area contributed by atoms with E-state index in [0.717, 1.165) is 33.6 Å². The van der Waals surface area contributed by atoms with E-state index in [1.165, 1.54) is 60.3 Å². The van der Waals surface area contributed by atoms with Gasteiger partial charge in [-0.15, -0.1) is 0 Å². The summed E-state index contributed by atoms with van der Waals surface area (Å²) in [5.41, 5.74) is 12.5. The second kappa shape index (κ2) is 10.4. The summed E-state index contributed by atoms with van der Waals surface area (Å²) < 4.78 is 6.92. The standard InChI is InChI=1S/C47H33NO/c1-47(2)38-22-13-24-40(43(38)44-45(47)36-20-9-8-19-35(36)42-37-21-10-11-25-41(37)49-46(42)44)48(39-23-12-17-32-16-6-7-18-34(32)39)33-28-26-31(27-29-33)30-14-4-3-5-15-30/h3-29H,1-2H3. The number of fused-ring (bicyclic) bond motifs is 11. The third kappa shape index (κ3) is 4.01. The minimum Gasteiger partial charge on any atom is -0.455 e. The third-order valence-corrected chi connectivity index (χ3v) is 10.6. The zero-order valence-electron chi connectivity index (χ0n) is 27.4. The third-order valence-electron chi connectivity index (χ3n) is 10.6. The summed E-state index contributed by atoms with van der Waals surface area (Å²) in [7, 11) is 0. The van der Waals surface area contributed by atoms with Crippen LogP contribution < -0.4 is 4.90 Å². The molecule has 0 atom stereocenters. The van der Waals surface area contributed by atoms with Gasteiger partial charge in [-0.05, 0) is 68.7 Å². The number of hydrogen-bond donors (Lipinski definition) is 0. The molecule has 232 valence electrons. The van der Waals surface area contributed by atoms with Gasteiger partial charge in [0.25, 0.3) is 0 Å². The topological polar surface area (TPSA) is 16.4 Å². The van der Waals surface area contributed by atoms with E-state index in [1.807, 2.05) is 0 Å². The zero-order valence-corrected chi connectivity index (χ0v) is 27.4. The van der Waals surface area contributed by atoms with Crippen molar-refractivity contribution in [2.75, 3.05) is 4.90 Å². The van der Waals surface area contributed by atoms with Crippen LogP contribution in [0.3, 0.4) is 0 Å². The van der Waals surface area contributed by atoms with Crippen LogP contribution in [0.1, 0.15) is 25.0 Å². The highest BCUT2D eigenvalue weighted by molar-refractivity contribution is 6.26. The molecule has 0 aliphatic heterocycles. The van der Waals surface area contributed by atoms with Gasteiger partial charge in [-0.1, -0.05) is 147 Å². The van der Waals surface area contributed by atoms with Gasteiger partial charge >= 0.3 is 0 Å². The Morgan fingerprint density at radius 1 is 0.469 bits per heavy atom. The first-order valence-corrected chi connectivity index (χ1v) is 17.0. The summed E-state index contributed by atoms with van der Waals surface area (Å²) in [5, 5.41) is 7.29. The normalized spacial score (nSPS) is 13.3. The van der Waals surface area contributed by atoms with Gasteiger partial charge in [-0.3, -0.25) is 0 Å². The van der Waals surface area contributed by atoms with E-state index in [4.69, 9.17) is 4.42 Å². The first-order chi connectivity index (χ1) is 24.1. The summed E-state index contributed by atoms with van der Waals surface area (Å²) in [5.74, 6) is 0. The van der Waals surface area contributed by atoms with Crippen LogP contribution in [0, 0.1) is 0 Å². The Labute approximate surface area is 285 Å². The Balaban J connectivity index is 1.32. The van der Waals surface area contributed by atoms with Gasteiger partial charge in [0.15, 0.2) is 0 Å². The van der Waals surface area contributed by atoms with Crippen molar-refractivity contribution in [3.05, 3.63) is 175 Å². The molecule has 1 aliphatic carbocycles. The lowest BCUT2D eigenvalue weighted by molar-refractivity contribution is 0.657. The van der Waals surface area contributed by atoms with Crippen molar-refractivity contribution in [2.45, 2.75) is 19.3 Å². The minimum atomic E-state index is -0.255. The molecule has 9 aromatic rings. The average Bonchev–Trinajstić information content (AvgIpc) is 3.66. The molecule has 1 heterocycles. The van der Waals surface area contributed by atoms with Crippen LogP contribution in [0.15, 0.2) is 168 Å². The maximum Gasteiger partial charge on any atom is 0.144 e. The highest BCUT2D eigenvalue weighted by Crippen LogP contribution is 2.59. The van der Waals surface area contributed by atoms with Crippen LogP contribution in [0.5, 0.6) is 0 Å². The van der Waals surface area contributed by atoms with E-state index in [0.29, 0.717) is 0 Å². The molecule has 49 heavy (non-hydrogen) atoms. The van der Waals surface area contributed by atoms with E-state index < -0.39 is 0 Å². The van der Waals surface area contributed by atoms with Crippen molar-refractivity contribution in [2.24, 2.45) is 0 Å². The molecule has 2 heteroatoms. The fraction of sp³-hybridized carbons (Fsp3) is 0.0638. The monoisotopic (exact) mass is 627 g/mol. The van der Waals surface area contributed by atoms with Gasteiger partial charge in [-0.2, -0.15) is 0 Å². The summed E-state index contributed by atoms with van der Waals surface area (Å²) in [6.07, 6.45) is 0. The Morgan fingerprint density at radius 2 is 1.08 bits per heavy atom. The van der Waals surface area contributed by atoms with Gasteiger partial charge in [0.1, 0.15) is 11.2 Å². The molecular formula is C47H33NO. The Hall–Kier alpha value is -6.12. The first kappa shape index (κ1) is 27.9. The molecule has 8 aromatic carbocycles. The Morgan fingerprint density at radius 3 is 1.90 bits per heavy atom. The van der Waals surface area contributed by atoms with Crippen LogP contribution in [0.25, 0.3) is 65.7 Å². The lowest BCUT2D eigenvalue weighted by atomic mass is 9.79. The van der Waals surface area contributed by atoms with Gasteiger partial charge in [0, 0.05) is 38.4 Å². The summed E-state index contributed by atoms with van der Waals surface area (Å²) in [4.78, 5) is 2.46. The molecule has 0 saturated heterocycles. The van der Waals surface area contributed by atoms with E-state index in [1.54, 1.807) is 0 Å². The van der Waals surface area contributed by atoms with Gasteiger partial charge in [0.05, 0.1) is 11.4 Å². The van der Waals surface area contributed by atoms with Crippen molar-refractivity contribution in [3.63, 3.8) is 0 Å². The summed E-state index contributed by atoms with van der Waals surface area (Å²) in [6.45, 7) is 4.75. The van der Waals surface area contributed by atoms with E-state index >= 15 is 0 Å². The Kier molecular flexibility index (Phi) is 5.95. The highest BCUT2D eigenvalue weighted by atomic mass is 16.3. The van der Waals surface area contributed by atoms with Gasteiger partial charge < -0.3 is 9.32 Å². The smallest absolute Gasteiger partial charge is 0.144 e. The maximum atomic E-state index is 6.92. The van der Waals surface area contributed by atoms with E-state index in [2.05, 4.69) is 183 Å². The van der Waals surface area contributed by atoms with Crippen molar-refractivity contribution >= 4 is 60.5 Å².